The maximum absolute atomic E-state index is 13.0. The molecule has 0 spiro atoms. The van der Waals surface area contributed by atoms with Crippen molar-refractivity contribution in [3.8, 4) is 0 Å². The predicted octanol–water partition coefficient (Wildman–Crippen LogP) is 3.29. The molecule has 34 heavy (non-hydrogen) atoms. The van der Waals surface area contributed by atoms with E-state index in [1.54, 1.807) is 62.4 Å². The first-order valence-electron chi connectivity index (χ1n) is 10.7. The van der Waals surface area contributed by atoms with Crippen LogP contribution in [0.1, 0.15) is 29.8 Å². The van der Waals surface area contributed by atoms with Gasteiger partial charge >= 0.3 is 5.97 Å². The average Bonchev–Trinajstić information content (AvgIpc) is 3.29. The normalized spacial score (nSPS) is 25.9. The molecule has 2 fully saturated rings. The van der Waals surface area contributed by atoms with Gasteiger partial charge in [0.25, 0.3) is 5.69 Å². The van der Waals surface area contributed by atoms with Crippen molar-refractivity contribution >= 4 is 23.9 Å². The Morgan fingerprint density at radius 1 is 1.09 bits per heavy atom. The summed E-state index contributed by atoms with van der Waals surface area (Å²) in [5.41, 5.74) is 1.06. The lowest BCUT2D eigenvalue weighted by Gasteiger charge is -2.24. The average molecular weight is 468 g/mol. The number of ether oxygens (including phenoxy) is 4. The highest BCUT2D eigenvalue weighted by molar-refractivity contribution is 5.89. The van der Waals surface area contributed by atoms with Crippen LogP contribution < -0.4 is 0 Å². The number of fused-ring (bicyclic) bond motifs is 1. The standard InChI is InChI=1S/C24H24N2O8/c1-24(2)33-21-20(25(28)14-6-7-16-10-12-18(13-11-16)26(29)30)19(32-23(21)34-24)15-31-22(27)17-8-4-3-5-9-17/h3-14,19-21,23H,15H2,1-2H3/b7-6+,25-14-/t19-,20-,21-,23-/m1/s1. The SMILES string of the molecule is CC1(C)O[C@H]2O[C@H](COC(=O)c3ccccc3)[C@@H](/[N+]([O-])=C/C=C/c3ccc([N+](=O)[O-])cc3)[C@H]2O1. The van der Waals surface area contributed by atoms with Crippen molar-refractivity contribution in [3.05, 3.63) is 87.1 Å². The summed E-state index contributed by atoms with van der Waals surface area (Å²) in [5.74, 6) is -1.45. The van der Waals surface area contributed by atoms with E-state index >= 15 is 0 Å². The number of nitro benzene ring substituents is 1. The van der Waals surface area contributed by atoms with Gasteiger partial charge in [0, 0.05) is 18.2 Å². The van der Waals surface area contributed by atoms with Crippen molar-refractivity contribution in [3.63, 3.8) is 0 Å². The Hall–Kier alpha value is -3.60. The maximum atomic E-state index is 13.0. The minimum absolute atomic E-state index is 0.0189. The molecule has 0 bridgehead atoms. The van der Waals surface area contributed by atoms with Gasteiger partial charge in [0.05, 0.1) is 10.5 Å². The lowest BCUT2D eigenvalue weighted by atomic mass is 10.1. The van der Waals surface area contributed by atoms with Crippen LogP contribution in [0.3, 0.4) is 0 Å². The number of esters is 1. The lowest BCUT2D eigenvalue weighted by molar-refractivity contribution is -0.514. The predicted molar refractivity (Wildman–Crippen MR) is 121 cm³/mol. The number of rotatable bonds is 7. The quantitative estimate of drug-likeness (QED) is 0.151. The Morgan fingerprint density at radius 3 is 2.47 bits per heavy atom. The maximum Gasteiger partial charge on any atom is 0.338 e. The Labute approximate surface area is 195 Å². The van der Waals surface area contributed by atoms with E-state index in [0.29, 0.717) is 15.9 Å². The molecule has 2 aromatic rings. The number of nitrogens with zero attached hydrogens (tertiary/aromatic N) is 2. The first-order valence-corrected chi connectivity index (χ1v) is 10.7. The number of hydroxylamine groups is 1. The fourth-order valence-electron chi connectivity index (χ4n) is 3.87. The van der Waals surface area contributed by atoms with Crippen LogP contribution in [0.5, 0.6) is 0 Å². The lowest BCUT2D eigenvalue weighted by Crippen LogP contribution is -2.43. The molecule has 2 aliphatic heterocycles. The number of nitro groups is 1. The fraction of sp³-hybridized carbons (Fsp3) is 0.333. The third kappa shape index (κ3) is 5.30. The number of hydrogen-bond donors (Lipinski definition) is 0. The largest absolute Gasteiger partial charge is 0.623 e. The van der Waals surface area contributed by atoms with Crippen molar-refractivity contribution < 1.29 is 33.4 Å². The zero-order chi connectivity index (χ0) is 24.3. The van der Waals surface area contributed by atoms with E-state index in [2.05, 4.69) is 0 Å². The molecule has 0 saturated carbocycles. The Morgan fingerprint density at radius 2 is 1.79 bits per heavy atom. The van der Waals surface area contributed by atoms with Crippen LogP contribution in [0, 0.1) is 15.3 Å². The number of non-ortho nitro benzene ring substituents is 1. The Bertz CT molecular complexity index is 1100. The van der Waals surface area contributed by atoms with Crippen LogP contribution in [-0.2, 0) is 18.9 Å². The van der Waals surface area contributed by atoms with Crippen molar-refractivity contribution in [1.29, 1.82) is 0 Å². The summed E-state index contributed by atoms with van der Waals surface area (Å²) in [4.78, 5) is 22.6. The number of carbonyl (C=O) groups excluding carboxylic acids is 1. The van der Waals surface area contributed by atoms with Gasteiger partial charge in [0.15, 0.2) is 30.5 Å². The second kappa shape index (κ2) is 9.72. The molecule has 4 rings (SSSR count). The zero-order valence-electron chi connectivity index (χ0n) is 18.6. The zero-order valence-corrected chi connectivity index (χ0v) is 18.6. The van der Waals surface area contributed by atoms with Crippen LogP contribution in [0.15, 0.2) is 60.7 Å². The van der Waals surface area contributed by atoms with Crippen LogP contribution in [0.4, 0.5) is 5.69 Å². The molecule has 2 aromatic carbocycles. The molecule has 0 aromatic heterocycles. The molecule has 0 unspecified atom stereocenters. The summed E-state index contributed by atoms with van der Waals surface area (Å²) in [6, 6.07) is 13.6. The first-order chi connectivity index (χ1) is 16.2. The van der Waals surface area contributed by atoms with Gasteiger partial charge in [-0.25, -0.2) is 9.53 Å². The molecule has 0 amide bonds. The molecule has 0 N–H and O–H groups in total. The fourth-order valence-corrected chi connectivity index (χ4v) is 3.87. The molecule has 0 radical (unpaired) electrons. The van der Waals surface area contributed by atoms with Gasteiger partial charge in [-0.05, 0) is 49.8 Å². The molecule has 2 heterocycles. The van der Waals surface area contributed by atoms with E-state index in [-0.39, 0.29) is 12.3 Å². The highest BCUT2D eigenvalue weighted by Crippen LogP contribution is 2.38. The highest BCUT2D eigenvalue weighted by atomic mass is 16.8. The molecule has 178 valence electrons. The van der Waals surface area contributed by atoms with Gasteiger partial charge in [-0.15, -0.1) is 0 Å². The van der Waals surface area contributed by atoms with E-state index in [4.69, 9.17) is 18.9 Å². The Balaban J connectivity index is 1.47. The monoisotopic (exact) mass is 468 g/mol. The number of benzene rings is 2. The number of hydrogen-bond acceptors (Lipinski definition) is 8. The van der Waals surface area contributed by atoms with Gasteiger partial charge in [0.2, 0.25) is 6.04 Å². The summed E-state index contributed by atoms with van der Waals surface area (Å²) >= 11 is 0. The number of carbonyl (C=O) groups is 1. The van der Waals surface area contributed by atoms with Crippen LogP contribution in [0.2, 0.25) is 0 Å². The minimum Gasteiger partial charge on any atom is -0.623 e. The van der Waals surface area contributed by atoms with Gasteiger partial charge in [0.1, 0.15) is 6.61 Å². The third-order valence-electron chi connectivity index (χ3n) is 5.42. The molecule has 10 heteroatoms. The summed E-state index contributed by atoms with van der Waals surface area (Å²) in [5, 5.41) is 23.8. The van der Waals surface area contributed by atoms with Gasteiger partial charge in [-0.2, -0.15) is 0 Å². The molecule has 2 aliphatic rings. The molecule has 0 aliphatic carbocycles. The minimum atomic E-state index is -0.922. The van der Waals surface area contributed by atoms with Crippen LogP contribution in [-0.4, -0.2) is 58.8 Å². The molecule has 4 atom stereocenters. The van der Waals surface area contributed by atoms with E-state index in [0.717, 1.165) is 0 Å². The molecular weight excluding hydrogens is 444 g/mol. The van der Waals surface area contributed by atoms with Crippen LogP contribution >= 0.6 is 0 Å². The van der Waals surface area contributed by atoms with Crippen molar-refractivity contribution in [2.75, 3.05) is 6.61 Å². The van der Waals surface area contributed by atoms with Crippen molar-refractivity contribution in [2.45, 2.75) is 44.2 Å². The molecule has 2 saturated heterocycles. The van der Waals surface area contributed by atoms with E-state index in [1.165, 1.54) is 24.4 Å². The highest BCUT2D eigenvalue weighted by Gasteiger charge is 2.59. The van der Waals surface area contributed by atoms with E-state index in [1.807, 2.05) is 0 Å². The second-order valence-electron chi connectivity index (χ2n) is 8.31. The van der Waals surface area contributed by atoms with Crippen molar-refractivity contribution in [2.24, 2.45) is 0 Å². The van der Waals surface area contributed by atoms with Gasteiger partial charge in [-0.1, -0.05) is 18.2 Å². The van der Waals surface area contributed by atoms with Gasteiger partial charge in [-0.3, -0.25) is 10.1 Å². The van der Waals surface area contributed by atoms with E-state index in [9.17, 15) is 20.1 Å². The van der Waals surface area contributed by atoms with Crippen molar-refractivity contribution in [1.82, 2.24) is 0 Å². The second-order valence-corrected chi connectivity index (χ2v) is 8.31. The topological polar surface area (TPSA) is 123 Å². The summed E-state index contributed by atoms with van der Waals surface area (Å²) in [6.07, 6.45) is 2.23. The number of allylic oxidation sites excluding steroid dienone is 1. The van der Waals surface area contributed by atoms with Gasteiger partial charge < -0.3 is 24.2 Å². The third-order valence-corrected chi connectivity index (χ3v) is 5.42. The molecular formula is C24H24N2O8. The van der Waals surface area contributed by atoms with Crippen LogP contribution in [0.25, 0.3) is 6.08 Å². The summed E-state index contributed by atoms with van der Waals surface area (Å²) in [7, 11) is 0. The first kappa shape index (κ1) is 23.6. The Kier molecular flexibility index (Phi) is 6.73. The smallest absolute Gasteiger partial charge is 0.338 e. The summed E-state index contributed by atoms with van der Waals surface area (Å²) < 4.78 is 23.6. The molecule has 10 nitrogen and oxygen atoms in total. The summed E-state index contributed by atoms with van der Waals surface area (Å²) in [6.45, 7) is 3.30. The van der Waals surface area contributed by atoms with E-state index < -0.39 is 41.2 Å².